The molecule has 0 saturated carbocycles. The van der Waals surface area contributed by atoms with Crippen LogP contribution in [0.25, 0.3) is 0 Å². The summed E-state index contributed by atoms with van der Waals surface area (Å²) in [5.74, 6) is 0. The van der Waals surface area contributed by atoms with Crippen LogP contribution in [0.2, 0.25) is 0 Å². The Morgan fingerprint density at radius 1 is 1.38 bits per heavy atom. The lowest BCUT2D eigenvalue weighted by Crippen LogP contribution is -2.19. The molecule has 0 aliphatic rings. The van der Waals surface area contributed by atoms with Crippen LogP contribution >= 0.6 is 15.9 Å². The summed E-state index contributed by atoms with van der Waals surface area (Å²) < 4.78 is 11.1. The minimum Gasteiger partial charge on any atom is -0.390 e. The van der Waals surface area contributed by atoms with Crippen LogP contribution in [-0.4, -0.2) is 38.1 Å². The van der Waals surface area contributed by atoms with Gasteiger partial charge in [-0.25, -0.2) is 0 Å². The van der Waals surface area contributed by atoms with Crippen LogP contribution in [0.4, 0.5) is 0 Å². The number of methoxy groups -OCH3 is 1. The Morgan fingerprint density at radius 2 is 2.19 bits per heavy atom. The Kier molecular flexibility index (Phi) is 6.64. The second kappa shape index (κ2) is 7.79. The third kappa shape index (κ3) is 5.61. The van der Waals surface area contributed by atoms with Crippen LogP contribution in [0.3, 0.4) is 0 Å². The average molecular weight is 289 g/mol. The zero-order valence-electron chi connectivity index (χ0n) is 9.36. The molecular formula is C12H17BrO3. The van der Waals surface area contributed by atoms with E-state index in [0.29, 0.717) is 26.2 Å². The smallest absolute Gasteiger partial charge is 0.0813 e. The van der Waals surface area contributed by atoms with Crippen LogP contribution in [0.15, 0.2) is 28.7 Å². The zero-order valence-corrected chi connectivity index (χ0v) is 10.9. The van der Waals surface area contributed by atoms with Crippen molar-refractivity contribution >= 4 is 15.9 Å². The molecule has 0 bridgehead atoms. The van der Waals surface area contributed by atoms with Gasteiger partial charge >= 0.3 is 0 Å². The predicted octanol–water partition coefficient (Wildman–Crippen LogP) is 2.02. The molecule has 0 aliphatic carbocycles. The van der Waals surface area contributed by atoms with Crippen molar-refractivity contribution in [3.8, 4) is 0 Å². The van der Waals surface area contributed by atoms with E-state index in [1.165, 1.54) is 0 Å². The molecule has 0 fully saturated rings. The van der Waals surface area contributed by atoms with Gasteiger partial charge < -0.3 is 14.6 Å². The minimum absolute atomic E-state index is 0.343. The number of aliphatic hydroxyl groups is 1. The summed E-state index contributed by atoms with van der Waals surface area (Å²) in [4.78, 5) is 0. The topological polar surface area (TPSA) is 38.7 Å². The Bertz CT molecular complexity index is 304. The molecule has 1 aromatic carbocycles. The first-order valence-electron chi connectivity index (χ1n) is 5.21. The Hall–Kier alpha value is -0.420. The molecule has 0 heterocycles. The van der Waals surface area contributed by atoms with Crippen LogP contribution in [0, 0.1) is 0 Å². The van der Waals surface area contributed by atoms with Gasteiger partial charge in [-0.1, -0.05) is 28.1 Å². The normalized spacial score (nSPS) is 12.7. The number of halogens is 1. The van der Waals surface area contributed by atoms with Gasteiger partial charge in [-0.15, -0.1) is 0 Å². The summed E-state index contributed by atoms with van der Waals surface area (Å²) in [5.41, 5.74) is 1.09. The van der Waals surface area contributed by atoms with Gasteiger partial charge in [0.2, 0.25) is 0 Å². The van der Waals surface area contributed by atoms with Crippen molar-refractivity contribution in [3.63, 3.8) is 0 Å². The molecule has 4 heteroatoms. The molecule has 1 atom stereocenters. The summed E-state index contributed by atoms with van der Waals surface area (Å²) in [6.45, 7) is 1.42. The minimum atomic E-state index is -0.467. The highest BCUT2D eigenvalue weighted by Crippen LogP contribution is 2.13. The first kappa shape index (κ1) is 13.6. The number of ether oxygens (including phenoxy) is 2. The van der Waals surface area contributed by atoms with Crippen molar-refractivity contribution in [2.75, 3.05) is 26.9 Å². The third-order valence-corrected chi connectivity index (χ3v) is 2.60. The van der Waals surface area contributed by atoms with E-state index in [4.69, 9.17) is 9.47 Å². The lowest BCUT2D eigenvalue weighted by molar-refractivity contribution is 0.0137. The van der Waals surface area contributed by atoms with Gasteiger partial charge in [0, 0.05) is 18.0 Å². The summed E-state index contributed by atoms with van der Waals surface area (Å²) in [6.07, 6.45) is 0.137. The molecule has 0 radical (unpaired) electrons. The fourth-order valence-corrected chi connectivity index (χ4v) is 1.80. The standard InChI is InChI=1S/C12H17BrO3/c1-15-5-6-16-9-12(14)8-10-3-2-4-11(13)7-10/h2-4,7,12,14H,5-6,8-9H2,1H3. The first-order chi connectivity index (χ1) is 7.72. The highest BCUT2D eigenvalue weighted by atomic mass is 79.9. The molecule has 1 rings (SSSR count). The molecule has 16 heavy (non-hydrogen) atoms. The van der Waals surface area contributed by atoms with Gasteiger partial charge in [-0.05, 0) is 17.7 Å². The van der Waals surface area contributed by atoms with Crippen LogP contribution in [0.5, 0.6) is 0 Å². The largest absolute Gasteiger partial charge is 0.390 e. The Labute approximate surface area is 105 Å². The van der Waals surface area contributed by atoms with Gasteiger partial charge in [0.05, 0.1) is 25.9 Å². The molecule has 0 spiro atoms. The maximum absolute atomic E-state index is 9.71. The van der Waals surface area contributed by atoms with Crippen LogP contribution < -0.4 is 0 Å². The van der Waals surface area contributed by atoms with Crippen molar-refractivity contribution in [2.24, 2.45) is 0 Å². The van der Waals surface area contributed by atoms with Crippen molar-refractivity contribution in [1.29, 1.82) is 0 Å². The first-order valence-corrected chi connectivity index (χ1v) is 6.01. The molecule has 0 aromatic heterocycles. The molecule has 90 valence electrons. The highest BCUT2D eigenvalue weighted by Gasteiger charge is 2.05. The maximum atomic E-state index is 9.71. The van der Waals surface area contributed by atoms with Crippen molar-refractivity contribution in [2.45, 2.75) is 12.5 Å². The van der Waals surface area contributed by atoms with Crippen LogP contribution in [0.1, 0.15) is 5.56 Å². The highest BCUT2D eigenvalue weighted by molar-refractivity contribution is 9.10. The summed E-state index contributed by atoms with van der Waals surface area (Å²) in [7, 11) is 1.63. The average Bonchev–Trinajstić information content (AvgIpc) is 2.24. The monoisotopic (exact) mass is 288 g/mol. The van der Waals surface area contributed by atoms with E-state index < -0.39 is 6.10 Å². The van der Waals surface area contributed by atoms with E-state index in [2.05, 4.69) is 15.9 Å². The lowest BCUT2D eigenvalue weighted by atomic mass is 10.1. The van der Waals surface area contributed by atoms with E-state index in [0.717, 1.165) is 10.0 Å². The molecule has 1 aromatic rings. The molecule has 1 N–H and O–H groups in total. The second-order valence-corrected chi connectivity index (χ2v) is 4.47. The molecular weight excluding hydrogens is 272 g/mol. The van der Waals surface area contributed by atoms with E-state index >= 15 is 0 Å². The summed E-state index contributed by atoms with van der Waals surface area (Å²) in [5, 5.41) is 9.71. The van der Waals surface area contributed by atoms with Crippen molar-refractivity contribution in [1.82, 2.24) is 0 Å². The van der Waals surface area contributed by atoms with E-state index in [1.54, 1.807) is 7.11 Å². The molecule has 0 amide bonds. The predicted molar refractivity (Wildman–Crippen MR) is 66.5 cm³/mol. The number of hydrogen-bond acceptors (Lipinski definition) is 3. The number of hydrogen-bond donors (Lipinski definition) is 1. The van der Waals surface area contributed by atoms with E-state index in [9.17, 15) is 5.11 Å². The van der Waals surface area contributed by atoms with Gasteiger partial charge in [0.15, 0.2) is 0 Å². The second-order valence-electron chi connectivity index (χ2n) is 3.56. The lowest BCUT2D eigenvalue weighted by Gasteiger charge is -2.11. The summed E-state index contributed by atoms with van der Waals surface area (Å²) in [6, 6.07) is 7.91. The maximum Gasteiger partial charge on any atom is 0.0813 e. The number of aliphatic hydroxyl groups excluding tert-OH is 1. The Morgan fingerprint density at radius 3 is 2.88 bits per heavy atom. The van der Waals surface area contributed by atoms with Crippen LogP contribution in [-0.2, 0) is 15.9 Å². The Balaban J connectivity index is 2.25. The van der Waals surface area contributed by atoms with Gasteiger partial charge in [-0.2, -0.15) is 0 Å². The summed E-state index contributed by atoms with van der Waals surface area (Å²) >= 11 is 3.40. The van der Waals surface area contributed by atoms with Gasteiger partial charge in [0.1, 0.15) is 0 Å². The molecule has 0 saturated heterocycles. The SMILES string of the molecule is COCCOCC(O)Cc1cccc(Br)c1. The van der Waals surface area contributed by atoms with Crippen molar-refractivity contribution in [3.05, 3.63) is 34.3 Å². The number of benzene rings is 1. The molecule has 0 aliphatic heterocycles. The van der Waals surface area contributed by atoms with Crippen molar-refractivity contribution < 1.29 is 14.6 Å². The molecule has 1 unspecified atom stereocenters. The quantitative estimate of drug-likeness (QED) is 0.780. The fourth-order valence-electron chi connectivity index (χ4n) is 1.36. The third-order valence-electron chi connectivity index (χ3n) is 2.10. The van der Waals surface area contributed by atoms with E-state index in [-0.39, 0.29) is 0 Å². The zero-order chi connectivity index (χ0) is 11.8. The fraction of sp³-hybridized carbons (Fsp3) is 0.500. The van der Waals surface area contributed by atoms with Gasteiger partial charge in [-0.3, -0.25) is 0 Å². The van der Waals surface area contributed by atoms with Gasteiger partial charge in [0.25, 0.3) is 0 Å². The number of rotatable bonds is 7. The van der Waals surface area contributed by atoms with E-state index in [1.807, 2.05) is 24.3 Å². The molecule has 3 nitrogen and oxygen atoms in total.